The summed E-state index contributed by atoms with van der Waals surface area (Å²) in [6.45, 7) is 2.75. The van der Waals surface area contributed by atoms with Crippen LogP contribution in [-0.4, -0.2) is 30.9 Å². The number of anilines is 2. The van der Waals surface area contributed by atoms with Crippen molar-refractivity contribution in [3.05, 3.63) is 95.6 Å². The van der Waals surface area contributed by atoms with Gasteiger partial charge in [0.15, 0.2) is 0 Å². The van der Waals surface area contributed by atoms with Crippen LogP contribution in [-0.2, 0) is 17.6 Å². The van der Waals surface area contributed by atoms with Crippen LogP contribution in [0.15, 0.2) is 78.9 Å². The summed E-state index contributed by atoms with van der Waals surface area (Å²) >= 11 is 0. The molecule has 0 spiro atoms. The van der Waals surface area contributed by atoms with Crippen LogP contribution in [0.3, 0.4) is 0 Å². The van der Waals surface area contributed by atoms with E-state index in [2.05, 4.69) is 23.6 Å². The molecule has 0 saturated heterocycles. The van der Waals surface area contributed by atoms with Gasteiger partial charge in [-0.2, -0.15) is 0 Å². The minimum absolute atomic E-state index is 0.00302. The molecule has 5 nitrogen and oxygen atoms in total. The Bertz CT molecular complexity index is 1070. The summed E-state index contributed by atoms with van der Waals surface area (Å²) in [5.74, 6) is -0.150. The zero-order chi connectivity index (χ0) is 21.6. The second kappa shape index (κ2) is 9.47. The van der Waals surface area contributed by atoms with E-state index >= 15 is 0 Å². The van der Waals surface area contributed by atoms with Crippen LogP contribution in [0.2, 0.25) is 0 Å². The van der Waals surface area contributed by atoms with E-state index in [4.69, 9.17) is 0 Å². The standard InChI is InChI=1S/C26H27N3O2/c1-19-17-21-11-5-8-14-24(21)29(19)25(30)18-28-23-13-7-6-12-22(23)26(31)27-16-15-20-9-3-2-4-10-20/h2-14,19,28H,15-18H2,1H3,(H,27,31)/t19-/m1/s1. The number of carbonyl (C=O) groups excluding carboxylic acids is 2. The molecular weight excluding hydrogens is 386 g/mol. The fraction of sp³-hybridized carbons (Fsp3) is 0.231. The topological polar surface area (TPSA) is 61.4 Å². The fourth-order valence-electron chi connectivity index (χ4n) is 4.10. The molecule has 3 aromatic carbocycles. The Labute approximate surface area is 183 Å². The SMILES string of the molecule is C[C@@H]1Cc2ccccc2N1C(=O)CNc1ccccc1C(=O)NCCc1ccccc1. The van der Waals surface area contributed by atoms with Crippen molar-refractivity contribution in [2.75, 3.05) is 23.3 Å². The lowest BCUT2D eigenvalue weighted by Gasteiger charge is -2.23. The maximum Gasteiger partial charge on any atom is 0.253 e. The van der Waals surface area contributed by atoms with Crippen molar-refractivity contribution in [1.29, 1.82) is 0 Å². The van der Waals surface area contributed by atoms with Gasteiger partial charge >= 0.3 is 0 Å². The predicted molar refractivity (Wildman–Crippen MR) is 125 cm³/mol. The molecule has 1 aliphatic heterocycles. The number of amides is 2. The number of nitrogens with one attached hydrogen (secondary N) is 2. The Morgan fingerprint density at radius 2 is 1.65 bits per heavy atom. The molecule has 1 aliphatic rings. The van der Waals surface area contributed by atoms with E-state index in [-0.39, 0.29) is 24.4 Å². The molecule has 5 heteroatoms. The summed E-state index contributed by atoms with van der Waals surface area (Å²) in [4.78, 5) is 27.5. The van der Waals surface area contributed by atoms with Crippen LogP contribution in [0, 0.1) is 0 Å². The quantitative estimate of drug-likeness (QED) is 0.614. The third-order valence-corrected chi connectivity index (χ3v) is 5.62. The number of para-hydroxylation sites is 2. The Morgan fingerprint density at radius 1 is 0.935 bits per heavy atom. The minimum Gasteiger partial charge on any atom is -0.375 e. The third-order valence-electron chi connectivity index (χ3n) is 5.62. The molecule has 0 radical (unpaired) electrons. The summed E-state index contributed by atoms with van der Waals surface area (Å²) in [7, 11) is 0. The largest absolute Gasteiger partial charge is 0.375 e. The number of hydrogen-bond donors (Lipinski definition) is 2. The molecule has 1 atom stereocenters. The lowest BCUT2D eigenvalue weighted by molar-refractivity contribution is -0.117. The van der Waals surface area contributed by atoms with Gasteiger partial charge in [0.1, 0.15) is 0 Å². The van der Waals surface area contributed by atoms with Crippen molar-refractivity contribution in [2.24, 2.45) is 0 Å². The smallest absolute Gasteiger partial charge is 0.253 e. The maximum absolute atomic E-state index is 13.0. The monoisotopic (exact) mass is 413 g/mol. The number of hydrogen-bond acceptors (Lipinski definition) is 3. The Morgan fingerprint density at radius 3 is 2.48 bits per heavy atom. The van der Waals surface area contributed by atoms with E-state index in [9.17, 15) is 9.59 Å². The average Bonchev–Trinajstić information content (AvgIpc) is 3.14. The Balaban J connectivity index is 1.37. The first-order chi connectivity index (χ1) is 15.1. The number of nitrogens with zero attached hydrogens (tertiary/aromatic N) is 1. The predicted octanol–water partition coefficient (Wildman–Crippen LogP) is 4.05. The summed E-state index contributed by atoms with van der Waals surface area (Å²) in [5, 5.41) is 6.15. The van der Waals surface area contributed by atoms with Crippen molar-refractivity contribution in [3.8, 4) is 0 Å². The first-order valence-corrected chi connectivity index (χ1v) is 10.7. The molecule has 0 saturated carbocycles. The molecule has 0 fully saturated rings. The van der Waals surface area contributed by atoms with Crippen LogP contribution in [0.25, 0.3) is 0 Å². The molecule has 0 aromatic heterocycles. The molecule has 0 aliphatic carbocycles. The molecular formula is C26H27N3O2. The first kappa shape index (κ1) is 20.7. The highest BCUT2D eigenvalue weighted by Crippen LogP contribution is 2.31. The highest BCUT2D eigenvalue weighted by molar-refractivity contribution is 6.02. The van der Waals surface area contributed by atoms with E-state index in [1.807, 2.05) is 71.6 Å². The van der Waals surface area contributed by atoms with Gasteiger partial charge in [0.2, 0.25) is 5.91 Å². The van der Waals surface area contributed by atoms with Gasteiger partial charge in [0.05, 0.1) is 12.1 Å². The van der Waals surface area contributed by atoms with Crippen LogP contribution in [0.5, 0.6) is 0 Å². The Kier molecular flexibility index (Phi) is 6.32. The van der Waals surface area contributed by atoms with Gasteiger partial charge in [-0.05, 0) is 49.1 Å². The molecule has 3 aromatic rings. The van der Waals surface area contributed by atoms with E-state index in [1.165, 1.54) is 11.1 Å². The lowest BCUT2D eigenvalue weighted by Crippen LogP contribution is -2.39. The molecule has 2 amide bonds. The van der Waals surface area contributed by atoms with Crippen LogP contribution >= 0.6 is 0 Å². The molecule has 158 valence electrons. The third kappa shape index (κ3) is 4.77. The van der Waals surface area contributed by atoms with E-state index in [1.54, 1.807) is 6.07 Å². The highest BCUT2D eigenvalue weighted by Gasteiger charge is 2.30. The van der Waals surface area contributed by atoms with Crippen molar-refractivity contribution in [3.63, 3.8) is 0 Å². The molecule has 4 rings (SSSR count). The fourth-order valence-corrected chi connectivity index (χ4v) is 4.10. The van der Waals surface area contributed by atoms with Gasteiger partial charge in [-0.25, -0.2) is 0 Å². The molecule has 0 unspecified atom stereocenters. The van der Waals surface area contributed by atoms with Gasteiger partial charge in [0.25, 0.3) is 5.91 Å². The van der Waals surface area contributed by atoms with Gasteiger partial charge < -0.3 is 15.5 Å². The van der Waals surface area contributed by atoms with Crippen molar-refractivity contribution in [1.82, 2.24) is 5.32 Å². The number of carbonyl (C=O) groups is 2. The van der Waals surface area contributed by atoms with Crippen molar-refractivity contribution < 1.29 is 9.59 Å². The number of rotatable bonds is 7. The zero-order valence-corrected chi connectivity index (χ0v) is 17.7. The molecule has 0 bridgehead atoms. The first-order valence-electron chi connectivity index (χ1n) is 10.7. The Hall–Kier alpha value is -3.60. The van der Waals surface area contributed by atoms with E-state index < -0.39 is 0 Å². The van der Waals surface area contributed by atoms with Gasteiger partial charge in [-0.15, -0.1) is 0 Å². The van der Waals surface area contributed by atoms with E-state index in [0.29, 0.717) is 17.8 Å². The van der Waals surface area contributed by atoms with Crippen molar-refractivity contribution >= 4 is 23.2 Å². The van der Waals surface area contributed by atoms with Gasteiger partial charge in [-0.3, -0.25) is 9.59 Å². The number of fused-ring (bicyclic) bond motifs is 1. The average molecular weight is 414 g/mol. The second-order valence-electron chi connectivity index (χ2n) is 7.84. The van der Waals surface area contributed by atoms with Crippen LogP contribution < -0.4 is 15.5 Å². The summed E-state index contributed by atoms with van der Waals surface area (Å²) in [6.07, 6.45) is 1.63. The highest BCUT2D eigenvalue weighted by atomic mass is 16.2. The summed E-state index contributed by atoms with van der Waals surface area (Å²) in [6, 6.07) is 25.5. The van der Waals surface area contributed by atoms with Crippen LogP contribution in [0.4, 0.5) is 11.4 Å². The van der Waals surface area contributed by atoms with Crippen LogP contribution in [0.1, 0.15) is 28.4 Å². The summed E-state index contributed by atoms with van der Waals surface area (Å²) in [5.41, 5.74) is 4.56. The molecule has 1 heterocycles. The summed E-state index contributed by atoms with van der Waals surface area (Å²) < 4.78 is 0. The van der Waals surface area contributed by atoms with Crippen molar-refractivity contribution in [2.45, 2.75) is 25.8 Å². The zero-order valence-electron chi connectivity index (χ0n) is 17.7. The lowest BCUT2D eigenvalue weighted by atomic mass is 10.1. The molecule has 31 heavy (non-hydrogen) atoms. The van der Waals surface area contributed by atoms with E-state index in [0.717, 1.165) is 18.5 Å². The minimum atomic E-state index is -0.147. The second-order valence-corrected chi connectivity index (χ2v) is 7.84. The van der Waals surface area contributed by atoms with Gasteiger partial charge in [-0.1, -0.05) is 60.7 Å². The van der Waals surface area contributed by atoms with Gasteiger partial charge in [0, 0.05) is 24.0 Å². The number of benzene rings is 3. The normalized spacial score (nSPS) is 14.7. The molecule has 2 N–H and O–H groups in total. The maximum atomic E-state index is 13.0.